The van der Waals surface area contributed by atoms with Crippen LogP contribution in [0, 0.1) is 13.8 Å². The van der Waals surface area contributed by atoms with Crippen LogP contribution in [-0.2, 0) is 4.79 Å². The summed E-state index contributed by atoms with van der Waals surface area (Å²) in [4.78, 5) is 37.8. The third-order valence-electron chi connectivity index (χ3n) is 4.97. The second kappa shape index (κ2) is 7.36. The first-order chi connectivity index (χ1) is 14.0. The molecule has 1 aliphatic rings. The number of rotatable bonds is 4. The molecule has 5 nitrogen and oxygen atoms in total. The molecule has 5 heteroatoms. The summed E-state index contributed by atoms with van der Waals surface area (Å²) in [6, 6.07) is 17.3. The molecule has 1 N–H and O–H groups in total. The normalized spacial score (nSPS) is 12.2. The summed E-state index contributed by atoms with van der Waals surface area (Å²) in [7, 11) is 0. The number of nitrogens with one attached hydrogen (secondary N) is 1. The Morgan fingerprint density at radius 2 is 1.38 bits per heavy atom. The van der Waals surface area contributed by atoms with Crippen molar-refractivity contribution in [1.29, 1.82) is 0 Å². The van der Waals surface area contributed by atoms with Gasteiger partial charge in [0.2, 0.25) is 0 Å². The molecule has 0 bridgehead atoms. The molecule has 0 saturated carbocycles. The van der Waals surface area contributed by atoms with Crippen molar-refractivity contribution in [3.05, 3.63) is 94.0 Å². The lowest BCUT2D eigenvalue weighted by Crippen LogP contribution is -2.23. The van der Waals surface area contributed by atoms with Gasteiger partial charge in [0.1, 0.15) is 5.75 Å². The number of carbonyl (C=O) groups excluding carboxylic acids is 3. The Balaban J connectivity index is 1.52. The maximum atomic E-state index is 12.8. The van der Waals surface area contributed by atoms with Crippen molar-refractivity contribution < 1.29 is 19.1 Å². The molecule has 0 radical (unpaired) electrons. The van der Waals surface area contributed by atoms with E-state index < -0.39 is 0 Å². The van der Waals surface area contributed by atoms with Crippen molar-refractivity contribution in [2.24, 2.45) is 0 Å². The molecule has 0 unspecified atom stereocenters. The van der Waals surface area contributed by atoms with Gasteiger partial charge >= 0.3 is 0 Å². The number of para-hydroxylation sites is 1. The van der Waals surface area contributed by atoms with Crippen molar-refractivity contribution in [3.63, 3.8) is 0 Å². The molecule has 3 aromatic carbocycles. The average molecular weight is 385 g/mol. The number of benzene rings is 3. The van der Waals surface area contributed by atoms with Gasteiger partial charge in [0.05, 0.1) is 0 Å². The molecule has 144 valence electrons. The number of ether oxygens (including phenoxy) is 1. The van der Waals surface area contributed by atoms with Gasteiger partial charge in [-0.25, -0.2) is 0 Å². The fourth-order valence-electron chi connectivity index (χ4n) is 3.54. The predicted molar refractivity (Wildman–Crippen MR) is 110 cm³/mol. The summed E-state index contributed by atoms with van der Waals surface area (Å²) in [5.41, 5.74) is 3.78. The highest BCUT2D eigenvalue weighted by Gasteiger charge is 2.29. The minimum atomic E-state index is -0.345. The Morgan fingerprint density at radius 1 is 0.793 bits per heavy atom. The quantitative estimate of drug-likeness (QED) is 0.574. The van der Waals surface area contributed by atoms with Gasteiger partial charge in [0, 0.05) is 27.9 Å². The monoisotopic (exact) mass is 385 g/mol. The average Bonchev–Trinajstić information content (AvgIpc) is 2.71. The number of hydrogen-bond acceptors (Lipinski definition) is 4. The Kier molecular flexibility index (Phi) is 4.72. The van der Waals surface area contributed by atoms with E-state index in [1.54, 1.807) is 42.5 Å². The zero-order chi connectivity index (χ0) is 20.5. The molecule has 0 fully saturated rings. The number of fused-ring (bicyclic) bond motifs is 2. The molecule has 0 saturated heterocycles. The van der Waals surface area contributed by atoms with Crippen LogP contribution in [0.1, 0.15) is 43.0 Å². The summed E-state index contributed by atoms with van der Waals surface area (Å²) in [6.07, 6.45) is 0. The topological polar surface area (TPSA) is 72.5 Å². The lowest BCUT2D eigenvalue weighted by molar-refractivity contribution is -0.118. The van der Waals surface area contributed by atoms with Crippen LogP contribution in [0.15, 0.2) is 60.7 Å². The molecule has 0 heterocycles. The molecule has 0 spiro atoms. The van der Waals surface area contributed by atoms with Gasteiger partial charge in [-0.05, 0) is 43.2 Å². The van der Waals surface area contributed by atoms with Crippen LogP contribution in [0.2, 0.25) is 0 Å². The van der Waals surface area contributed by atoms with Crippen LogP contribution in [0.3, 0.4) is 0 Å². The molecule has 1 aliphatic carbocycles. The summed E-state index contributed by atoms with van der Waals surface area (Å²) in [5.74, 6) is -0.0717. The highest BCUT2D eigenvalue weighted by molar-refractivity contribution is 6.28. The highest BCUT2D eigenvalue weighted by atomic mass is 16.5. The first kappa shape index (κ1) is 18.6. The smallest absolute Gasteiger partial charge is 0.262 e. The minimum Gasteiger partial charge on any atom is -0.483 e. The first-order valence-corrected chi connectivity index (χ1v) is 9.27. The van der Waals surface area contributed by atoms with E-state index >= 15 is 0 Å². The van der Waals surface area contributed by atoms with Crippen LogP contribution in [0.5, 0.6) is 5.75 Å². The van der Waals surface area contributed by atoms with E-state index in [0.717, 1.165) is 11.1 Å². The van der Waals surface area contributed by atoms with Crippen LogP contribution >= 0.6 is 0 Å². The Bertz CT molecular complexity index is 1140. The fraction of sp³-hybridized carbons (Fsp3) is 0.125. The van der Waals surface area contributed by atoms with Crippen molar-refractivity contribution >= 4 is 23.2 Å². The molecule has 0 atom stereocenters. The van der Waals surface area contributed by atoms with E-state index in [1.807, 2.05) is 32.0 Å². The van der Waals surface area contributed by atoms with Gasteiger partial charge in [-0.15, -0.1) is 0 Å². The van der Waals surface area contributed by atoms with Gasteiger partial charge in [-0.1, -0.05) is 42.5 Å². The van der Waals surface area contributed by atoms with E-state index in [9.17, 15) is 14.4 Å². The van der Waals surface area contributed by atoms with Crippen molar-refractivity contribution in [1.82, 2.24) is 0 Å². The lowest BCUT2D eigenvalue weighted by Gasteiger charge is -2.18. The Labute approximate surface area is 168 Å². The maximum Gasteiger partial charge on any atom is 0.262 e. The first-order valence-electron chi connectivity index (χ1n) is 9.27. The number of hydrogen-bond donors (Lipinski definition) is 1. The van der Waals surface area contributed by atoms with Gasteiger partial charge in [0.25, 0.3) is 5.91 Å². The van der Waals surface area contributed by atoms with Gasteiger partial charge < -0.3 is 10.1 Å². The Hall–Kier alpha value is -3.73. The molecule has 0 aromatic heterocycles. The molecule has 0 aliphatic heterocycles. The van der Waals surface area contributed by atoms with Crippen molar-refractivity contribution in [2.75, 3.05) is 11.9 Å². The maximum absolute atomic E-state index is 12.8. The number of aryl methyl sites for hydroxylation is 2. The summed E-state index contributed by atoms with van der Waals surface area (Å²) in [5, 5.41) is 2.73. The minimum absolute atomic E-state index is 0.154. The zero-order valence-electron chi connectivity index (χ0n) is 16.1. The van der Waals surface area contributed by atoms with Crippen LogP contribution in [0.4, 0.5) is 5.69 Å². The van der Waals surface area contributed by atoms with E-state index in [1.165, 1.54) is 0 Å². The molecular formula is C24H19NO4. The van der Waals surface area contributed by atoms with E-state index in [2.05, 4.69) is 5.32 Å². The van der Waals surface area contributed by atoms with Crippen molar-refractivity contribution in [3.8, 4) is 5.75 Å². The summed E-state index contributed by atoms with van der Waals surface area (Å²) >= 11 is 0. The molecule has 3 aromatic rings. The number of amides is 1. The summed E-state index contributed by atoms with van der Waals surface area (Å²) < 4.78 is 5.67. The Morgan fingerprint density at radius 3 is 2.03 bits per heavy atom. The third kappa shape index (κ3) is 3.43. The van der Waals surface area contributed by atoms with Crippen molar-refractivity contribution in [2.45, 2.75) is 13.8 Å². The molecule has 29 heavy (non-hydrogen) atoms. The van der Waals surface area contributed by atoms with Gasteiger partial charge in [-0.2, -0.15) is 0 Å². The second-order valence-electron chi connectivity index (χ2n) is 7.02. The number of anilines is 1. The largest absolute Gasteiger partial charge is 0.483 e. The van der Waals surface area contributed by atoms with Crippen LogP contribution in [-0.4, -0.2) is 24.1 Å². The fourth-order valence-corrected chi connectivity index (χ4v) is 3.54. The van der Waals surface area contributed by atoms with E-state index in [4.69, 9.17) is 4.74 Å². The van der Waals surface area contributed by atoms with Gasteiger partial charge in [-0.3, -0.25) is 14.4 Å². The highest BCUT2D eigenvalue weighted by Crippen LogP contribution is 2.29. The van der Waals surface area contributed by atoms with E-state index in [0.29, 0.717) is 33.7 Å². The zero-order valence-corrected chi connectivity index (χ0v) is 16.1. The molecular weight excluding hydrogens is 366 g/mol. The van der Waals surface area contributed by atoms with Gasteiger partial charge in [0.15, 0.2) is 18.2 Å². The molecule has 4 rings (SSSR count). The second-order valence-corrected chi connectivity index (χ2v) is 7.02. The van der Waals surface area contributed by atoms with E-state index in [-0.39, 0.29) is 24.1 Å². The molecule has 1 amide bonds. The summed E-state index contributed by atoms with van der Waals surface area (Å²) in [6.45, 7) is 3.69. The lowest BCUT2D eigenvalue weighted by atomic mass is 9.84. The number of ketones is 2. The predicted octanol–water partition coefficient (Wildman–Crippen LogP) is 4.10. The van der Waals surface area contributed by atoms with Crippen LogP contribution < -0.4 is 10.1 Å². The van der Waals surface area contributed by atoms with Crippen LogP contribution in [0.25, 0.3) is 0 Å². The third-order valence-corrected chi connectivity index (χ3v) is 4.97. The number of carbonyl (C=O) groups is 3. The standard InChI is InChI=1S/C24H19NO4/c1-14-6-5-7-15(2)24(14)29-13-21(26)25-16-10-11-19-20(12-16)23(28)18-9-4-3-8-17(18)22(19)27/h3-12H,13H2,1-2H3,(H,25,26). The SMILES string of the molecule is Cc1cccc(C)c1OCC(=O)Nc1ccc2c(c1)C(=O)c1ccccc1C2=O.